The van der Waals surface area contributed by atoms with Gasteiger partial charge in [0.2, 0.25) is 5.82 Å². The van der Waals surface area contributed by atoms with Crippen LogP contribution in [0, 0.1) is 13.8 Å². The van der Waals surface area contributed by atoms with E-state index in [0.717, 1.165) is 22.4 Å². The summed E-state index contributed by atoms with van der Waals surface area (Å²) in [6.07, 6.45) is 2.89. The molecule has 0 atom stereocenters. The van der Waals surface area contributed by atoms with Gasteiger partial charge >= 0.3 is 0 Å². The third-order valence-corrected chi connectivity index (χ3v) is 4.18. The van der Waals surface area contributed by atoms with Crippen LogP contribution < -0.4 is 5.32 Å². The van der Waals surface area contributed by atoms with Crippen LogP contribution in [0.1, 0.15) is 21.9 Å². The van der Waals surface area contributed by atoms with Gasteiger partial charge in [-0.2, -0.15) is 4.98 Å². The summed E-state index contributed by atoms with van der Waals surface area (Å²) in [6.45, 7) is 3.92. The molecule has 2 N–H and O–H groups in total. The summed E-state index contributed by atoms with van der Waals surface area (Å²) in [6, 6.07) is 11.8. The van der Waals surface area contributed by atoms with Gasteiger partial charge in [-0.15, -0.1) is 15.3 Å². The van der Waals surface area contributed by atoms with Crippen molar-refractivity contribution < 1.29 is 4.79 Å². The van der Waals surface area contributed by atoms with Crippen LogP contribution >= 0.6 is 0 Å². The lowest BCUT2D eigenvalue weighted by Crippen LogP contribution is -2.15. The SMILES string of the molecule is Cc1nc(NC(=O)c2nc(-n3cnnc3)n[nH]2)cc(-c2ccccc2)c1C. The Morgan fingerprint density at radius 3 is 2.56 bits per heavy atom. The van der Waals surface area contributed by atoms with E-state index < -0.39 is 5.91 Å². The van der Waals surface area contributed by atoms with Gasteiger partial charge in [0, 0.05) is 5.69 Å². The van der Waals surface area contributed by atoms with Crippen LogP contribution in [-0.4, -0.2) is 40.8 Å². The van der Waals surface area contributed by atoms with Crippen molar-refractivity contribution in [1.82, 2.24) is 34.9 Å². The molecule has 1 amide bonds. The highest BCUT2D eigenvalue weighted by Crippen LogP contribution is 2.27. The number of amides is 1. The summed E-state index contributed by atoms with van der Waals surface area (Å²) in [5.74, 6) is 0.365. The Labute approximate surface area is 154 Å². The highest BCUT2D eigenvalue weighted by atomic mass is 16.2. The molecule has 0 saturated heterocycles. The first kappa shape index (κ1) is 16.6. The highest BCUT2D eigenvalue weighted by molar-refractivity contribution is 6.01. The molecule has 0 spiro atoms. The first-order valence-electron chi connectivity index (χ1n) is 8.24. The molecule has 9 nitrogen and oxygen atoms in total. The maximum absolute atomic E-state index is 12.5. The van der Waals surface area contributed by atoms with Crippen molar-refractivity contribution in [2.45, 2.75) is 13.8 Å². The molecule has 3 heterocycles. The van der Waals surface area contributed by atoms with Gasteiger partial charge in [-0.3, -0.25) is 14.5 Å². The van der Waals surface area contributed by atoms with Crippen LogP contribution in [0.2, 0.25) is 0 Å². The monoisotopic (exact) mass is 360 g/mol. The van der Waals surface area contributed by atoms with Crippen molar-refractivity contribution in [2.75, 3.05) is 5.32 Å². The first-order chi connectivity index (χ1) is 13.1. The average Bonchev–Trinajstić information content (AvgIpc) is 3.36. The molecule has 0 aliphatic heterocycles. The molecule has 4 aromatic rings. The highest BCUT2D eigenvalue weighted by Gasteiger charge is 2.15. The van der Waals surface area contributed by atoms with Gasteiger partial charge in [0.05, 0.1) is 0 Å². The number of aromatic amines is 1. The average molecular weight is 360 g/mol. The number of aryl methyl sites for hydroxylation is 1. The van der Waals surface area contributed by atoms with E-state index in [-0.39, 0.29) is 11.8 Å². The molecule has 0 bridgehead atoms. The quantitative estimate of drug-likeness (QED) is 0.577. The second-order valence-corrected chi connectivity index (χ2v) is 5.94. The van der Waals surface area contributed by atoms with Crippen molar-refractivity contribution >= 4 is 11.7 Å². The number of hydrogen-bond acceptors (Lipinski definition) is 6. The van der Waals surface area contributed by atoms with Crippen molar-refractivity contribution in [3.63, 3.8) is 0 Å². The third-order valence-electron chi connectivity index (χ3n) is 4.18. The summed E-state index contributed by atoms with van der Waals surface area (Å²) in [5.41, 5.74) is 3.98. The summed E-state index contributed by atoms with van der Waals surface area (Å²) < 4.78 is 1.50. The number of hydrogen-bond donors (Lipinski definition) is 2. The molecule has 0 saturated carbocycles. The number of pyridine rings is 1. The number of carbonyl (C=O) groups excluding carboxylic acids is 1. The van der Waals surface area contributed by atoms with Crippen LogP contribution in [0.5, 0.6) is 0 Å². The largest absolute Gasteiger partial charge is 0.304 e. The minimum atomic E-state index is -0.434. The molecular weight excluding hydrogens is 344 g/mol. The van der Waals surface area contributed by atoms with Gasteiger partial charge in [0.25, 0.3) is 11.9 Å². The Balaban J connectivity index is 1.61. The van der Waals surface area contributed by atoms with E-state index in [9.17, 15) is 4.79 Å². The molecule has 0 aliphatic rings. The summed E-state index contributed by atoms with van der Waals surface area (Å²) in [4.78, 5) is 21.1. The maximum Gasteiger partial charge on any atom is 0.294 e. The number of nitrogens with one attached hydrogen (secondary N) is 2. The number of aromatic nitrogens is 7. The Morgan fingerprint density at radius 1 is 1.07 bits per heavy atom. The van der Waals surface area contributed by atoms with E-state index in [4.69, 9.17) is 0 Å². The lowest BCUT2D eigenvalue weighted by atomic mass is 10.0. The van der Waals surface area contributed by atoms with E-state index in [1.807, 2.05) is 50.2 Å². The zero-order chi connectivity index (χ0) is 18.8. The van der Waals surface area contributed by atoms with Gasteiger partial charge in [-0.25, -0.2) is 4.98 Å². The predicted octanol–water partition coefficient (Wildman–Crippen LogP) is 2.32. The zero-order valence-electron chi connectivity index (χ0n) is 14.7. The van der Waals surface area contributed by atoms with E-state index in [1.54, 1.807) is 0 Å². The molecule has 0 radical (unpaired) electrons. The van der Waals surface area contributed by atoms with Crippen LogP contribution in [-0.2, 0) is 0 Å². The van der Waals surface area contributed by atoms with E-state index in [0.29, 0.717) is 5.82 Å². The standard InChI is InChI=1S/C18H16N8O/c1-11-12(2)21-15(8-14(11)13-6-4-3-5-7-13)22-17(27)16-23-18(25-24-16)26-9-19-20-10-26/h3-10H,1-2H3,(H,21,22,27)(H,23,24,25). The van der Waals surface area contributed by atoms with Crippen molar-refractivity contribution in [2.24, 2.45) is 0 Å². The first-order valence-corrected chi connectivity index (χ1v) is 8.24. The molecule has 0 aliphatic carbocycles. The van der Waals surface area contributed by atoms with Crippen LogP contribution in [0.3, 0.4) is 0 Å². The fourth-order valence-electron chi connectivity index (χ4n) is 2.67. The molecule has 134 valence electrons. The summed E-state index contributed by atoms with van der Waals surface area (Å²) in [5, 5.41) is 16.7. The van der Waals surface area contributed by atoms with Gasteiger partial charge in [-0.1, -0.05) is 30.3 Å². The molecule has 27 heavy (non-hydrogen) atoms. The van der Waals surface area contributed by atoms with Gasteiger partial charge in [-0.05, 0) is 36.6 Å². The minimum absolute atomic E-state index is 0.0694. The normalized spacial score (nSPS) is 10.7. The van der Waals surface area contributed by atoms with Gasteiger partial charge in [0.1, 0.15) is 18.5 Å². The number of benzene rings is 1. The molecule has 0 fully saturated rings. The zero-order valence-corrected chi connectivity index (χ0v) is 14.7. The van der Waals surface area contributed by atoms with E-state index in [1.165, 1.54) is 17.2 Å². The Hall–Kier alpha value is -3.88. The lowest BCUT2D eigenvalue weighted by molar-refractivity contribution is 0.101. The van der Waals surface area contributed by atoms with Gasteiger partial charge in [0.15, 0.2) is 0 Å². The van der Waals surface area contributed by atoms with Crippen LogP contribution in [0.25, 0.3) is 17.1 Å². The fourth-order valence-corrected chi connectivity index (χ4v) is 2.67. The molecule has 1 aromatic carbocycles. The summed E-state index contributed by atoms with van der Waals surface area (Å²) >= 11 is 0. The fraction of sp³-hybridized carbons (Fsp3) is 0.111. The van der Waals surface area contributed by atoms with Gasteiger partial charge < -0.3 is 5.32 Å². The maximum atomic E-state index is 12.5. The van der Waals surface area contributed by atoms with Crippen LogP contribution in [0.4, 0.5) is 5.82 Å². The third kappa shape index (κ3) is 3.30. The number of anilines is 1. The second-order valence-electron chi connectivity index (χ2n) is 5.94. The Kier molecular flexibility index (Phi) is 4.17. The topological polar surface area (TPSA) is 114 Å². The Morgan fingerprint density at radius 2 is 1.81 bits per heavy atom. The van der Waals surface area contributed by atoms with Crippen molar-refractivity contribution in [3.05, 3.63) is 66.1 Å². The molecule has 3 aromatic heterocycles. The minimum Gasteiger partial charge on any atom is -0.304 e. The van der Waals surface area contributed by atoms with E-state index >= 15 is 0 Å². The van der Waals surface area contributed by atoms with Crippen LogP contribution in [0.15, 0.2) is 49.1 Å². The number of H-pyrrole nitrogens is 1. The molecule has 0 unspecified atom stereocenters. The Bertz CT molecular complexity index is 1090. The second kappa shape index (κ2) is 6.79. The smallest absolute Gasteiger partial charge is 0.294 e. The lowest BCUT2D eigenvalue weighted by Gasteiger charge is -2.12. The molecule has 9 heteroatoms. The molecular formula is C18H16N8O. The number of carbonyl (C=O) groups is 1. The van der Waals surface area contributed by atoms with Crippen molar-refractivity contribution in [3.8, 4) is 17.1 Å². The van der Waals surface area contributed by atoms with E-state index in [2.05, 4.69) is 35.7 Å². The van der Waals surface area contributed by atoms with Crippen molar-refractivity contribution in [1.29, 1.82) is 0 Å². The predicted molar refractivity (Wildman–Crippen MR) is 98.4 cm³/mol. The summed E-state index contributed by atoms with van der Waals surface area (Å²) in [7, 11) is 0. The number of rotatable bonds is 4. The number of nitrogens with zero attached hydrogens (tertiary/aromatic N) is 6. The molecule has 4 rings (SSSR count).